The number of carbonyl (C=O) groups is 2. The van der Waals surface area contributed by atoms with Gasteiger partial charge in [0.25, 0.3) is 0 Å². The maximum Gasteiger partial charge on any atom is 0.409 e. The van der Waals surface area contributed by atoms with Crippen LogP contribution in [0.2, 0.25) is 0 Å². The highest BCUT2D eigenvalue weighted by Crippen LogP contribution is 2.78. The van der Waals surface area contributed by atoms with E-state index >= 15 is 0 Å². The number of carbonyl (C=O) groups excluding carboxylic acids is 2. The van der Waals surface area contributed by atoms with Gasteiger partial charge in [-0.2, -0.15) is 0 Å². The predicted octanol–water partition coefficient (Wildman–Crippen LogP) is 7.58. The van der Waals surface area contributed by atoms with E-state index in [0.29, 0.717) is 49.0 Å². The van der Waals surface area contributed by atoms with Crippen molar-refractivity contribution >= 4 is 11.9 Å². The van der Waals surface area contributed by atoms with Gasteiger partial charge < -0.3 is 24.3 Å². The van der Waals surface area contributed by atoms with Crippen molar-refractivity contribution in [3.8, 4) is 0 Å². The van der Waals surface area contributed by atoms with E-state index in [1.54, 1.807) is 18.4 Å². The number of rotatable bonds is 7. The topological polar surface area (TPSA) is 100 Å². The van der Waals surface area contributed by atoms with Gasteiger partial charge in [-0.3, -0.25) is 4.79 Å². The van der Waals surface area contributed by atoms with Crippen molar-refractivity contribution in [2.24, 2.45) is 56.7 Å². The number of nitrogens with zero attached hydrogens (tertiary/aromatic N) is 1. The van der Waals surface area contributed by atoms with Crippen LogP contribution in [0.15, 0.2) is 46.6 Å². The molecule has 0 aromatic carbocycles. The molecule has 9 aliphatic carbocycles. The molecule has 0 aliphatic heterocycles. The summed E-state index contributed by atoms with van der Waals surface area (Å²) < 4.78 is 11.4. The highest BCUT2D eigenvalue weighted by atomic mass is 16.6. The van der Waals surface area contributed by atoms with Gasteiger partial charge in [0, 0.05) is 28.4 Å². The van der Waals surface area contributed by atoms with E-state index in [-0.39, 0.29) is 41.1 Å². The molecule has 7 heteroatoms. The summed E-state index contributed by atoms with van der Waals surface area (Å²) in [6, 6.07) is 3.53. The minimum absolute atomic E-state index is 0.0205. The van der Waals surface area contributed by atoms with Crippen LogP contribution < -0.4 is 0 Å². The number of furan rings is 1. The fraction of sp³-hybridized carbons (Fsp3) is 0.750. The third kappa shape index (κ3) is 4.05. The first-order chi connectivity index (χ1) is 22.2. The third-order valence-corrected chi connectivity index (χ3v) is 16.1. The number of amides is 1. The Bertz CT molecular complexity index is 1510. The molecular formula is C40H55NO6. The predicted molar refractivity (Wildman–Crippen MR) is 178 cm³/mol. The molecule has 1 unspecified atom stereocenters. The van der Waals surface area contributed by atoms with Crippen LogP contribution in [0.25, 0.3) is 0 Å². The minimum Gasteiger partial charge on any atom is -0.461 e. The van der Waals surface area contributed by atoms with Gasteiger partial charge in [-0.1, -0.05) is 45.9 Å². The van der Waals surface area contributed by atoms with Gasteiger partial charge in [-0.15, -0.1) is 0 Å². The summed E-state index contributed by atoms with van der Waals surface area (Å²) in [5.41, 5.74) is -1.57. The summed E-state index contributed by atoms with van der Waals surface area (Å²) >= 11 is 0. The van der Waals surface area contributed by atoms with E-state index in [4.69, 9.17) is 9.15 Å². The lowest BCUT2D eigenvalue weighted by molar-refractivity contribution is -0.177. The third-order valence-electron chi connectivity index (χ3n) is 16.1. The molecule has 9 aliphatic rings. The second kappa shape index (κ2) is 10.3. The summed E-state index contributed by atoms with van der Waals surface area (Å²) in [6.07, 6.45) is 16.7. The molecule has 1 amide bonds. The van der Waals surface area contributed by atoms with Crippen LogP contribution in [0.5, 0.6) is 0 Å². The Morgan fingerprint density at radius 3 is 2.45 bits per heavy atom. The Kier molecular flexibility index (Phi) is 7.00. The van der Waals surface area contributed by atoms with Gasteiger partial charge in [0.1, 0.15) is 0 Å². The average molecular weight is 646 g/mol. The highest BCUT2D eigenvalue weighted by molar-refractivity contribution is 6.08. The van der Waals surface area contributed by atoms with Crippen LogP contribution in [0.3, 0.4) is 0 Å². The molecule has 0 radical (unpaired) electrons. The molecular weight excluding hydrogens is 590 g/mol. The number of allylic oxidation sites excluding steroid dienone is 4. The zero-order valence-corrected chi connectivity index (χ0v) is 29.1. The average Bonchev–Trinajstić information content (AvgIpc) is 3.67. The molecule has 11 atom stereocenters. The van der Waals surface area contributed by atoms with E-state index in [2.05, 4.69) is 45.9 Å². The Hall–Kier alpha value is -2.38. The van der Waals surface area contributed by atoms with E-state index < -0.39 is 22.5 Å². The lowest BCUT2D eigenvalue weighted by atomic mass is 9.32. The van der Waals surface area contributed by atoms with Crippen LogP contribution in [0.1, 0.15) is 109 Å². The van der Waals surface area contributed by atoms with Crippen molar-refractivity contribution in [2.45, 2.75) is 111 Å². The Morgan fingerprint density at radius 1 is 1.00 bits per heavy atom. The first-order valence-corrected chi connectivity index (χ1v) is 18.6. The van der Waals surface area contributed by atoms with Crippen molar-refractivity contribution in [1.29, 1.82) is 0 Å². The van der Waals surface area contributed by atoms with Crippen molar-refractivity contribution in [1.82, 2.24) is 4.90 Å². The van der Waals surface area contributed by atoms with Crippen LogP contribution in [0.4, 0.5) is 4.79 Å². The smallest absolute Gasteiger partial charge is 0.409 e. The SMILES string of the molecule is CCOC(=O)N(C[C@@H]1CC[C@H]2C[C@@H]1C2(C)C)C[C@]1(O)CC[C@H]2[C@]34C=C[C@@]5(C=C3C(=O)c3ccco3)CC(O)CC[C@]5(C)[C@H]4CC[C@@]21C. The Morgan fingerprint density at radius 2 is 1.74 bits per heavy atom. The van der Waals surface area contributed by atoms with Crippen molar-refractivity contribution in [3.63, 3.8) is 0 Å². The fourth-order valence-corrected chi connectivity index (χ4v) is 13.3. The molecule has 10 rings (SSSR count). The lowest BCUT2D eigenvalue weighted by Gasteiger charge is -2.71. The second-order valence-corrected chi connectivity index (χ2v) is 17.9. The standard InChI is InChI=1S/C40H55NO6/c1-6-46-34(44)41(23-25-9-10-26-20-28(25)35(26,2)3)24-39(45)16-13-32-37(39,5)15-12-31-36(4)14-11-27(42)21-38(36)17-18-40(31,32)29(22-38)33(43)30-8-7-19-47-30/h7-8,17-19,22,25-28,31-32,42,45H,6,9-16,20-21,23-24H2,1-5H3/t25-,26-,27?,28-,31+,32+,36+,37-,38-,39+,40+/m0/s1. The molecule has 6 fully saturated rings. The molecule has 7 nitrogen and oxygen atoms in total. The first-order valence-electron chi connectivity index (χ1n) is 18.6. The van der Waals surface area contributed by atoms with Crippen LogP contribution in [0, 0.1) is 56.7 Å². The lowest BCUT2D eigenvalue weighted by Crippen LogP contribution is -2.67. The van der Waals surface area contributed by atoms with Gasteiger partial charge in [0.05, 0.1) is 31.1 Å². The highest BCUT2D eigenvalue weighted by Gasteiger charge is 2.74. The summed E-state index contributed by atoms with van der Waals surface area (Å²) in [5.74, 6) is 2.30. The summed E-state index contributed by atoms with van der Waals surface area (Å²) in [4.78, 5) is 30.0. The molecule has 256 valence electrons. The van der Waals surface area contributed by atoms with E-state index in [0.717, 1.165) is 50.0 Å². The molecule has 2 spiro atoms. The second-order valence-electron chi connectivity index (χ2n) is 17.9. The number of aliphatic hydroxyl groups excluding tert-OH is 1. The van der Waals surface area contributed by atoms with Crippen LogP contribution in [-0.2, 0) is 4.74 Å². The van der Waals surface area contributed by atoms with Crippen LogP contribution >= 0.6 is 0 Å². The zero-order valence-electron chi connectivity index (χ0n) is 29.1. The zero-order chi connectivity index (χ0) is 33.2. The van der Waals surface area contributed by atoms with Crippen molar-refractivity contribution in [3.05, 3.63) is 48.0 Å². The van der Waals surface area contributed by atoms with E-state index in [1.807, 2.05) is 11.8 Å². The number of hydrogen-bond acceptors (Lipinski definition) is 6. The van der Waals surface area contributed by atoms with E-state index in [9.17, 15) is 19.8 Å². The monoisotopic (exact) mass is 645 g/mol. The Balaban J connectivity index is 1.17. The summed E-state index contributed by atoms with van der Waals surface area (Å²) in [6.45, 7) is 12.5. The van der Waals surface area contributed by atoms with Crippen molar-refractivity contribution in [2.75, 3.05) is 19.7 Å². The minimum atomic E-state index is -1.11. The first kappa shape index (κ1) is 31.9. The molecule has 6 saturated carbocycles. The maximum atomic E-state index is 14.5. The van der Waals surface area contributed by atoms with Crippen molar-refractivity contribution < 1.29 is 29.0 Å². The molecule has 2 N–H and O–H groups in total. The number of hydrogen-bond donors (Lipinski definition) is 2. The number of ether oxygens (including phenoxy) is 1. The molecule has 1 heterocycles. The van der Waals surface area contributed by atoms with Crippen LogP contribution in [-0.4, -0.2) is 58.4 Å². The molecule has 0 saturated heterocycles. The summed E-state index contributed by atoms with van der Waals surface area (Å²) in [5, 5.41) is 23.9. The van der Waals surface area contributed by atoms with Gasteiger partial charge in [-0.05, 0) is 124 Å². The molecule has 4 bridgehead atoms. The molecule has 47 heavy (non-hydrogen) atoms. The number of aliphatic hydroxyl groups is 2. The van der Waals surface area contributed by atoms with Gasteiger partial charge in [0.2, 0.25) is 5.78 Å². The molecule has 1 aromatic rings. The number of ketones is 1. The largest absolute Gasteiger partial charge is 0.461 e. The number of fused-ring (bicyclic) bond motifs is 3. The number of Topliss-reactive ketones (excluding diaryl/α,β-unsaturated/α-hetero) is 1. The molecule has 1 aromatic heterocycles. The normalized spacial score (nSPS) is 46.8. The van der Waals surface area contributed by atoms with Gasteiger partial charge in [-0.25, -0.2) is 4.79 Å². The maximum absolute atomic E-state index is 14.5. The van der Waals surface area contributed by atoms with Gasteiger partial charge in [0.15, 0.2) is 5.76 Å². The Labute approximate surface area is 280 Å². The van der Waals surface area contributed by atoms with Gasteiger partial charge >= 0.3 is 6.09 Å². The fourth-order valence-electron chi connectivity index (χ4n) is 13.3. The van der Waals surface area contributed by atoms with E-state index in [1.165, 1.54) is 12.8 Å². The summed E-state index contributed by atoms with van der Waals surface area (Å²) in [7, 11) is 0. The quantitative estimate of drug-likeness (QED) is 0.234.